The van der Waals surface area contributed by atoms with E-state index in [9.17, 15) is 19.0 Å². The molecule has 1 atom stereocenters. The summed E-state index contributed by atoms with van der Waals surface area (Å²) in [7, 11) is 0. The van der Waals surface area contributed by atoms with Gasteiger partial charge in [-0.05, 0) is 56.9 Å². The molecule has 0 spiro atoms. The molecule has 1 fully saturated rings. The van der Waals surface area contributed by atoms with E-state index in [4.69, 9.17) is 5.73 Å². The SMILES string of the molecule is CC(C)(O)c1cc([C@@](O)(CN)C2CC2)nc(-c2ccc(F)c(F)c2)c1F. The zero-order valence-corrected chi connectivity index (χ0v) is 14.6. The molecule has 1 aliphatic rings. The lowest BCUT2D eigenvalue weighted by molar-refractivity contribution is 0.0169. The molecule has 0 unspecified atom stereocenters. The first-order chi connectivity index (χ1) is 12.1. The van der Waals surface area contributed by atoms with Gasteiger partial charge in [-0.25, -0.2) is 18.2 Å². The first-order valence-electron chi connectivity index (χ1n) is 8.39. The molecule has 2 aromatic rings. The second-order valence-corrected chi connectivity index (χ2v) is 7.31. The van der Waals surface area contributed by atoms with Gasteiger partial charge >= 0.3 is 0 Å². The molecule has 3 rings (SSSR count). The molecule has 0 radical (unpaired) electrons. The van der Waals surface area contributed by atoms with Gasteiger partial charge < -0.3 is 15.9 Å². The van der Waals surface area contributed by atoms with E-state index < -0.39 is 28.7 Å². The van der Waals surface area contributed by atoms with Crippen molar-refractivity contribution in [3.05, 3.63) is 53.0 Å². The van der Waals surface area contributed by atoms with Crippen LogP contribution in [0.1, 0.15) is 37.9 Å². The summed E-state index contributed by atoms with van der Waals surface area (Å²) in [5.74, 6) is -3.18. The van der Waals surface area contributed by atoms with Crippen molar-refractivity contribution >= 4 is 0 Å². The molecule has 4 N–H and O–H groups in total. The van der Waals surface area contributed by atoms with Crippen LogP contribution in [0, 0.1) is 23.4 Å². The maximum atomic E-state index is 15.0. The van der Waals surface area contributed by atoms with Gasteiger partial charge in [0.05, 0.1) is 11.3 Å². The average Bonchev–Trinajstić information content (AvgIpc) is 3.41. The molecule has 0 amide bonds. The number of rotatable bonds is 5. The van der Waals surface area contributed by atoms with Gasteiger partial charge in [0.25, 0.3) is 0 Å². The Morgan fingerprint density at radius 2 is 1.77 bits per heavy atom. The van der Waals surface area contributed by atoms with Crippen molar-refractivity contribution in [2.75, 3.05) is 6.54 Å². The highest BCUT2D eigenvalue weighted by Gasteiger charge is 2.46. The second-order valence-electron chi connectivity index (χ2n) is 7.31. The maximum Gasteiger partial charge on any atom is 0.159 e. The van der Waals surface area contributed by atoms with Crippen LogP contribution in [-0.2, 0) is 11.2 Å². The minimum absolute atomic E-state index is 0.00363. The molecule has 1 heterocycles. The molecule has 0 saturated heterocycles. The Kier molecular flexibility index (Phi) is 4.58. The van der Waals surface area contributed by atoms with E-state index in [0.717, 1.165) is 25.0 Å². The van der Waals surface area contributed by atoms with Crippen LogP contribution in [0.3, 0.4) is 0 Å². The average molecular weight is 366 g/mol. The second kappa shape index (κ2) is 6.33. The van der Waals surface area contributed by atoms with Crippen LogP contribution in [0.4, 0.5) is 13.2 Å². The quantitative estimate of drug-likeness (QED) is 0.760. The van der Waals surface area contributed by atoms with Gasteiger partial charge in [-0.1, -0.05) is 0 Å². The number of benzene rings is 1. The minimum atomic E-state index is -1.58. The monoisotopic (exact) mass is 366 g/mol. The first-order valence-corrected chi connectivity index (χ1v) is 8.39. The molecule has 140 valence electrons. The molecule has 4 nitrogen and oxygen atoms in total. The van der Waals surface area contributed by atoms with E-state index in [2.05, 4.69) is 4.98 Å². The largest absolute Gasteiger partial charge is 0.386 e. The number of hydrogen-bond acceptors (Lipinski definition) is 4. The predicted octanol–water partition coefficient (Wildman–Crippen LogP) is 2.95. The Morgan fingerprint density at radius 1 is 1.12 bits per heavy atom. The van der Waals surface area contributed by atoms with Crippen molar-refractivity contribution in [1.82, 2.24) is 4.98 Å². The van der Waals surface area contributed by atoms with Gasteiger partial charge in [0.1, 0.15) is 11.3 Å². The Morgan fingerprint density at radius 3 is 2.27 bits per heavy atom. The van der Waals surface area contributed by atoms with E-state index in [-0.39, 0.29) is 35.0 Å². The van der Waals surface area contributed by atoms with Crippen LogP contribution in [0.15, 0.2) is 24.3 Å². The zero-order chi connectivity index (χ0) is 19.3. The Hall–Kier alpha value is -1.96. The van der Waals surface area contributed by atoms with E-state index in [1.165, 1.54) is 26.0 Å². The van der Waals surface area contributed by atoms with Crippen LogP contribution in [-0.4, -0.2) is 21.7 Å². The summed E-state index contributed by atoms with van der Waals surface area (Å²) in [6.07, 6.45) is 1.51. The van der Waals surface area contributed by atoms with Gasteiger partial charge in [0, 0.05) is 17.7 Å². The van der Waals surface area contributed by atoms with Gasteiger partial charge in [-0.15, -0.1) is 0 Å². The summed E-state index contributed by atoms with van der Waals surface area (Å²) >= 11 is 0. The Bertz CT molecular complexity index is 847. The number of aromatic nitrogens is 1. The number of pyridine rings is 1. The van der Waals surface area contributed by atoms with E-state index >= 15 is 4.39 Å². The van der Waals surface area contributed by atoms with Crippen LogP contribution >= 0.6 is 0 Å². The predicted molar refractivity (Wildman–Crippen MR) is 90.5 cm³/mol. The van der Waals surface area contributed by atoms with Crippen molar-refractivity contribution in [1.29, 1.82) is 0 Å². The topological polar surface area (TPSA) is 79.4 Å². The number of aliphatic hydroxyl groups is 2. The molecule has 7 heteroatoms. The van der Waals surface area contributed by atoms with Gasteiger partial charge in [-0.2, -0.15) is 0 Å². The summed E-state index contributed by atoms with van der Waals surface area (Å²) in [5.41, 5.74) is 2.45. The third kappa shape index (κ3) is 3.22. The molecule has 0 aliphatic heterocycles. The van der Waals surface area contributed by atoms with Crippen LogP contribution < -0.4 is 5.73 Å². The summed E-state index contributed by atoms with van der Waals surface area (Å²) in [5, 5.41) is 21.3. The Balaban J connectivity index is 2.26. The highest BCUT2D eigenvalue weighted by molar-refractivity contribution is 5.62. The zero-order valence-electron chi connectivity index (χ0n) is 14.6. The van der Waals surface area contributed by atoms with Crippen LogP contribution in [0.25, 0.3) is 11.3 Å². The third-order valence-corrected chi connectivity index (χ3v) is 4.82. The summed E-state index contributed by atoms with van der Waals surface area (Å²) in [6, 6.07) is 4.19. The lowest BCUT2D eigenvalue weighted by Crippen LogP contribution is -2.38. The van der Waals surface area contributed by atoms with Crippen molar-refractivity contribution in [3.63, 3.8) is 0 Å². The fourth-order valence-corrected chi connectivity index (χ4v) is 3.07. The van der Waals surface area contributed by atoms with Crippen LogP contribution in [0.2, 0.25) is 0 Å². The number of hydrogen-bond donors (Lipinski definition) is 3. The smallest absolute Gasteiger partial charge is 0.159 e. The fraction of sp³-hybridized carbons (Fsp3) is 0.421. The highest BCUT2D eigenvalue weighted by atomic mass is 19.2. The number of nitrogens with two attached hydrogens (primary N) is 1. The van der Waals surface area contributed by atoms with Gasteiger partial charge in [0.2, 0.25) is 0 Å². The van der Waals surface area contributed by atoms with Crippen molar-refractivity contribution < 1.29 is 23.4 Å². The molecule has 1 aromatic heterocycles. The van der Waals surface area contributed by atoms with Crippen LogP contribution in [0.5, 0.6) is 0 Å². The summed E-state index contributed by atoms with van der Waals surface area (Å²) in [6.45, 7) is 2.66. The lowest BCUT2D eigenvalue weighted by atomic mass is 9.88. The standard InChI is InChI=1S/C19H21F3N2O2/c1-18(2,25)12-8-15(19(26,9-23)11-4-5-11)24-17(16(12)22)10-3-6-13(20)14(21)7-10/h3,6-8,11,25-26H,4-5,9,23H2,1-2H3/t19-/m1/s1. The van der Waals surface area contributed by atoms with E-state index in [0.29, 0.717) is 0 Å². The van der Waals surface area contributed by atoms with Crippen molar-refractivity contribution in [3.8, 4) is 11.3 Å². The molecule has 1 aliphatic carbocycles. The molecular formula is C19H21F3N2O2. The normalized spacial score (nSPS) is 17.2. The van der Waals surface area contributed by atoms with Gasteiger partial charge in [0.15, 0.2) is 17.5 Å². The maximum absolute atomic E-state index is 15.0. The molecule has 26 heavy (non-hydrogen) atoms. The van der Waals surface area contributed by atoms with E-state index in [1.807, 2.05) is 0 Å². The molecular weight excluding hydrogens is 345 g/mol. The molecule has 0 bridgehead atoms. The van der Waals surface area contributed by atoms with Gasteiger partial charge in [-0.3, -0.25) is 0 Å². The first kappa shape index (κ1) is 18.8. The fourth-order valence-electron chi connectivity index (χ4n) is 3.07. The summed E-state index contributed by atoms with van der Waals surface area (Å²) < 4.78 is 41.9. The molecule has 1 saturated carbocycles. The highest BCUT2D eigenvalue weighted by Crippen LogP contribution is 2.46. The van der Waals surface area contributed by atoms with Crippen molar-refractivity contribution in [2.45, 2.75) is 37.9 Å². The van der Waals surface area contributed by atoms with Crippen molar-refractivity contribution in [2.24, 2.45) is 11.7 Å². The summed E-state index contributed by atoms with van der Waals surface area (Å²) in [4.78, 5) is 4.19. The molecule has 1 aromatic carbocycles. The third-order valence-electron chi connectivity index (χ3n) is 4.82. The Labute approximate surface area is 149 Å². The lowest BCUT2D eigenvalue weighted by Gasteiger charge is -2.29. The number of nitrogens with zero attached hydrogens (tertiary/aromatic N) is 1. The number of halogens is 3. The van der Waals surface area contributed by atoms with E-state index in [1.54, 1.807) is 0 Å². The minimum Gasteiger partial charge on any atom is -0.386 e.